The number of carbonyl (C=O) groups excluding carboxylic acids is 2. The lowest BCUT2D eigenvalue weighted by molar-refractivity contribution is -0.121. The number of hydrogen-bond donors (Lipinski definition) is 4. The van der Waals surface area contributed by atoms with Crippen molar-refractivity contribution in [3.05, 3.63) is 24.3 Å². The van der Waals surface area contributed by atoms with Crippen LogP contribution in [0.3, 0.4) is 0 Å². The molecule has 1 atom stereocenters. The Morgan fingerprint density at radius 1 is 1.09 bits per heavy atom. The van der Waals surface area contributed by atoms with E-state index in [0.717, 1.165) is 13.1 Å². The number of anilines is 2. The molecule has 1 aromatic carbocycles. The normalized spacial score (nSPS) is 15.8. The van der Waals surface area contributed by atoms with Crippen molar-refractivity contribution in [1.82, 2.24) is 10.6 Å². The molecule has 0 radical (unpaired) electrons. The lowest BCUT2D eigenvalue weighted by Crippen LogP contribution is -2.48. The number of amides is 3. The van der Waals surface area contributed by atoms with Gasteiger partial charge in [0.15, 0.2) is 0 Å². The van der Waals surface area contributed by atoms with E-state index in [2.05, 4.69) is 21.3 Å². The summed E-state index contributed by atoms with van der Waals surface area (Å²) in [6.07, 6.45) is 0. The van der Waals surface area contributed by atoms with E-state index in [1.54, 1.807) is 12.1 Å². The van der Waals surface area contributed by atoms with Crippen LogP contribution in [0.25, 0.3) is 0 Å². The number of hydrogen-bond acceptors (Lipinski definition) is 3. The second-order valence-electron chi connectivity index (χ2n) is 5.99. The molecule has 1 aromatic rings. The van der Waals surface area contributed by atoms with E-state index in [9.17, 15) is 9.59 Å². The third kappa shape index (κ3) is 4.21. The highest BCUT2D eigenvalue weighted by molar-refractivity contribution is 5.99. The molecule has 22 heavy (non-hydrogen) atoms. The first kappa shape index (κ1) is 16.3. The van der Waals surface area contributed by atoms with Crippen molar-refractivity contribution in [2.75, 3.05) is 23.7 Å². The van der Waals surface area contributed by atoms with Crippen LogP contribution in [-0.2, 0) is 4.79 Å². The van der Waals surface area contributed by atoms with Crippen LogP contribution in [0.5, 0.6) is 0 Å². The van der Waals surface area contributed by atoms with Gasteiger partial charge in [-0.3, -0.25) is 4.79 Å². The van der Waals surface area contributed by atoms with Gasteiger partial charge in [-0.25, -0.2) is 4.79 Å². The molecule has 0 aromatic heterocycles. The van der Waals surface area contributed by atoms with Crippen molar-refractivity contribution in [2.45, 2.75) is 26.8 Å². The molecule has 6 nitrogen and oxygen atoms in total. The maximum atomic E-state index is 12.3. The van der Waals surface area contributed by atoms with Gasteiger partial charge in [-0.15, -0.1) is 0 Å². The van der Waals surface area contributed by atoms with Gasteiger partial charge in [0.25, 0.3) is 0 Å². The molecular formula is C16H24N4O2. The Balaban J connectivity index is 2.01. The van der Waals surface area contributed by atoms with Crippen molar-refractivity contribution < 1.29 is 9.59 Å². The summed E-state index contributed by atoms with van der Waals surface area (Å²) in [5.41, 5.74) is 1.21. The van der Waals surface area contributed by atoms with Crippen LogP contribution in [0.2, 0.25) is 0 Å². The SMILES string of the molecule is CC(C)NC(=O)Nc1ccccc1NC(=O)C(C)C1CNC1. The summed E-state index contributed by atoms with van der Waals surface area (Å²) in [5, 5.41) is 11.6. The largest absolute Gasteiger partial charge is 0.336 e. The van der Waals surface area contributed by atoms with Gasteiger partial charge in [0.1, 0.15) is 0 Å². The minimum atomic E-state index is -0.284. The molecule has 0 spiro atoms. The van der Waals surface area contributed by atoms with E-state index in [4.69, 9.17) is 0 Å². The van der Waals surface area contributed by atoms with Crippen LogP contribution >= 0.6 is 0 Å². The van der Waals surface area contributed by atoms with Crippen molar-refractivity contribution in [3.63, 3.8) is 0 Å². The molecule has 1 saturated heterocycles. The summed E-state index contributed by atoms with van der Waals surface area (Å²) in [5.74, 6) is 0.299. The zero-order valence-electron chi connectivity index (χ0n) is 13.3. The van der Waals surface area contributed by atoms with Gasteiger partial charge in [0.2, 0.25) is 5.91 Å². The van der Waals surface area contributed by atoms with Crippen molar-refractivity contribution in [3.8, 4) is 0 Å². The van der Waals surface area contributed by atoms with E-state index in [0.29, 0.717) is 17.3 Å². The number of urea groups is 1. The Labute approximate surface area is 131 Å². The Morgan fingerprint density at radius 3 is 2.18 bits per heavy atom. The quantitative estimate of drug-likeness (QED) is 0.671. The maximum absolute atomic E-state index is 12.3. The van der Waals surface area contributed by atoms with Crippen LogP contribution in [0, 0.1) is 11.8 Å². The van der Waals surface area contributed by atoms with Crippen molar-refractivity contribution in [1.29, 1.82) is 0 Å². The average Bonchev–Trinajstić information content (AvgIpc) is 2.37. The molecule has 1 fully saturated rings. The topological polar surface area (TPSA) is 82.3 Å². The summed E-state index contributed by atoms with van der Waals surface area (Å²) < 4.78 is 0. The fourth-order valence-electron chi connectivity index (χ4n) is 2.25. The van der Waals surface area contributed by atoms with Gasteiger partial charge in [-0.2, -0.15) is 0 Å². The summed E-state index contributed by atoms with van der Waals surface area (Å²) in [7, 11) is 0. The van der Waals surface area contributed by atoms with Crippen LogP contribution in [0.1, 0.15) is 20.8 Å². The number of para-hydroxylation sites is 2. The Kier molecular flexibility index (Phi) is 5.38. The lowest BCUT2D eigenvalue weighted by atomic mass is 9.88. The summed E-state index contributed by atoms with van der Waals surface area (Å²) in [4.78, 5) is 24.1. The Morgan fingerprint density at radius 2 is 1.68 bits per heavy atom. The first-order valence-electron chi connectivity index (χ1n) is 7.65. The highest BCUT2D eigenvalue weighted by Crippen LogP contribution is 2.23. The first-order chi connectivity index (χ1) is 10.5. The second-order valence-corrected chi connectivity index (χ2v) is 5.99. The molecule has 1 unspecified atom stereocenters. The molecule has 2 rings (SSSR count). The molecule has 1 heterocycles. The molecule has 1 aliphatic rings. The summed E-state index contributed by atoms with van der Waals surface area (Å²) in [6.45, 7) is 7.47. The fourth-order valence-corrected chi connectivity index (χ4v) is 2.25. The summed E-state index contributed by atoms with van der Waals surface area (Å²) >= 11 is 0. The molecule has 3 amide bonds. The molecule has 6 heteroatoms. The van der Waals surface area contributed by atoms with Crippen LogP contribution in [0.4, 0.5) is 16.2 Å². The van der Waals surface area contributed by atoms with Crippen molar-refractivity contribution in [2.24, 2.45) is 11.8 Å². The monoisotopic (exact) mass is 304 g/mol. The molecule has 0 aliphatic carbocycles. The smallest absolute Gasteiger partial charge is 0.319 e. The predicted octanol–water partition coefficient (Wildman–Crippen LogP) is 2.01. The van der Waals surface area contributed by atoms with E-state index in [1.165, 1.54) is 0 Å². The standard InChI is InChI=1S/C16H24N4O2/c1-10(2)18-16(22)20-14-7-5-4-6-13(14)19-15(21)11(3)12-8-17-9-12/h4-7,10-12,17H,8-9H2,1-3H3,(H,19,21)(H2,18,20,22). The number of benzene rings is 1. The minimum absolute atomic E-state index is 0.0231. The van der Waals surface area contributed by atoms with Gasteiger partial charge < -0.3 is 21.3 Å². The minimum Gasteiger partial charge on any atom is -0.336 e. The van der Waals surface area contributed by atoms with Gasteiger partial charge in [-0.1, -0.05) is 19.1 Å². The molecule has 4 N–H and O–H groups in total. The van der Waals surface area contributed by atoms with Crippen molar-refractivity contribution >= 4 is 23.3 Å². The molecule has 120 valence electrons. The van der Waals surface area contributed by atoms with Crippen LogP contribution in [0.15, 0.2) is 24.3 Å². The Bertz CT molecular complexity index is 541. The number of nitrogens with one attached hydrogen (secondary N) is 4. The second kappa shape index (κ2) is 7.26. The first-order valence-corrected chi connectivity index (χ1v) is 7.65. The zero-order chi connectivity index (χ0) is 16.1. The van der Waals surface area contributed by atoms with E-state index in [1.807, 2.05) is 32.9 Å². The molecule has 1 aliphatic heterocycles. The fraction of sp³-hybridized carbons (Fsp3) is 0.500. The average molecular weight is 304 g/mol. The highest BCUT2D eigenvalue weighted by atomic mass is 16.2. The Hall–Kier alpha value is -2.08. The van der Waals surface area contributed by atoms with Gasteiger partial charge in [0.05, 0.1) is 11.4 Å². The van der Waals surface area contributed by atoms with Gasteiger partial charge >= 0.3 is 6.03 Å². The van der Waals surface area contributed by atoms with E-state index < -0.39 is 0 Å². The maximum Gasteiger partial charge on any atom is 0.319 e. The molecule has 0 saturated carbocycles. The molecular weight excluding hydrogens is 280 g/mol. The summed E-state index contributed by atoms with van der Waals surface area (Å²) in [6, 6.07) is 6.97. The predicted molar refractivity (Wildman–Crippen MR) is 87.9 cm³/mol. The molecule has 0 bridgehead atoms. The number of carbonyl (C=O) groups is 2. The van der Waals surface area contributed by atoms with E-state index >= 15 is 0 Å². The van der Waals surface area contributed by atoms with E-state index in [-0.39, 0.29) is 23.9 Å². The third-order valence-electron chi connectivity index (χ3n) is 3.79. The van der Waals surface area contributed by atoms with Crippen LogP contribution < -0.4 is 21.3 Å². The number of rotatable bonds is 5. The highest BCUT2D eigenvalue weighted by Gasteiger charge is 2.29. The lowest BCUT2D eigenvalue weighted by Gasteiger charge is -2.31. The zero-order valence-corrected chi connectivity index (χ0v) is 13.3. The van der Waals surface area contributed by atoms with Crippen LogP contribution in [-0.4, -0.2) is 31.1 Å². The third-order valence-corrected chi connectivity index (χ3v) is 3.79. The van der Waals surface area contributed by atoms with Gasteiger partial charge in [0, 0.05) is 12.0 Å². The van der Waals surface area contributed by atoms with Gasteiger partial charge in [-0.05, 0) is 45.0 Å².